The van der Waals surface area contributed by atoms with Crippen molar-refractivity contribution in [1.82, 2.24) is 14.8 Å². The summed E-state index contributed by atoms with van der Waals surface area (Å²) in [6.07, 6.45) is -2.21. The van der Waals surface area contributed by atoms with Gasteiger partial charge in [0.2, 0.25) is 0 Å². The molecule has 0 unspecified atom stereocenters. The molecule has 2 heterocycles. The Bertz CT molecular complexity index is 1450. The quantitative estimate of drug-likeness (QED) is 0.296. The van der Waals surface area contributed by atoms with E-state index in [4.69, 9.17) is 4.74 Å². The Morgan fingerprint density at radius 3 is 2.39 bits per heavy atom. The van der Waals surface area contributed by atoms with Gasteiger partial charge in [-0.25, -0.2) is 9.18 Å². The lowest BCUT2D eigenvalue weighted by Gasteiger charge is -2.15. The highest BCUT2D eigenvalue weighted by molar-refractivity contribution is 6.07. The number of carbonyl (C=O) groups excluding carboxylic acids is 2. The van der Waals surface area contributed by atoms with E-state index in [2.05, 4.69) is 15.4 Å². The summed E-state index contributed by atoms with van der Waals surface area (Å²) < 4.78 is 61.7. The fourth-order valence-electron chi connectivity index (χ4n) is 3.56. The largest absolute Gasteiger partial charge is 0.465 e. The van der Waals surface area contributed by atoms with Crippen LogP contribution in [0.1, 0.15) is 26.3 Å². The Kier molecular flexibility index (Phi) is 6.56. The van der Waals surface area contributed by atoms with Gasteiger partial charge in [-0.2, -0.15) is 18.3 Å². The number of carbonyl (C=O) groups is 2. The zero-order chi connectivity index (χ0) is 26.0. The maximum atomic E-state index is 14.8. The molecule has 2 aromatic heterocycles. The van der Waals surface area contributed by atoms with Gasteiger partial charge in [0.25, 0.3) is 5.91 Å². The van der Waals surface area contributed by atoms with Crippen LogP contribution in [-0.2, 0) is 18.0 Å². The summed E-state index contributed by atoms with van der Waals surface area (Å²) in [4.78, 5) is 29.4. The molecule has 0 fully saturated rings. The molecule has 2 aromatic carbocycles. The maximum Gasteiger partial charge on any atom is 0.417 e. The molecule has 36 heavy (non-hydrogen) atoms. The lowest BCUT2D eigenvalue weighted by Crippen LogP contribution is -2.18. The first kappa shape index (κ1) is 24.6. The van der Waals surface area contributed by atoms with Gasteiger partial charge in [-0.15, -0.1) is 0 Å². The number of amides is 1. The molecule has 0 aliphatic carbocycles. The van der Waals surface area contributed by atoms with Crippen LogP contribution >= 0.6 is 0 Å². The number of benzene rings is 2. The van der Waals surface area contributed by atoms with Gasteiger partial charge in [0.1, 0.15) is 5.82 Å². The number of alkyl halides is 3. The van der Waals surface area contributed by atoms with Gasteiger partial charge in [0, 0.05) is 30.6 Å². The number of aromatic nitrogens is 3. The van der Waals surface area contributed by atoms with Gasteiger partial charge in [-0.3, -0.25) is 14.5 Å². The monoisotopic (exact) mass is 498 g/mol. The van der Waals surface area contributed by atoms with E-state index in [9.17, 15) is 27.2 Å². The summed E-state index contributed by atoms with van der Waals surface area (Å²) in [5, 5.41) is 6.44. The first-order chi connectivity index (χ1) is 17.1. The van der Waals surface area contributed by atoms with Crippen molar-refractivity contribution >= 4 is 17.6 Å². The van der Waals surface area contributed by atoms with Gasteiger partial charge in [-0.05, 0) is 24.3 Å². The van der Waals surface area contributed by atoms with Crippen molar-refractivity contribution in [1.29, 1.82) is 0 Å². The summed E-state index contributed by atoms with van der Waals surface area (Å²) in [5.74, 6) is -3.15. The second-order valence-electron chi connectivity index (χ2n) is 7.68. The number of halogens is 4. The molecular formula is C25H18F4N4O3. The number of rotatable bonds is 5. The molecule has 0 bridgehead atoms. The molecule has 0 aliphatic heterocycles. The minimum atomic E-state index is -4.89. The summed E-state index contributed by atoms with van der Waals surface area (Å²) >= 11 is 0. The van der Waals surface area contributed by atoms with Crippen molar-refractivity contribution in [2.24, 2.45) is 7.05 Å². The molecule has 7 nitrogen and oxygen atoms in total. The van der Waals surface area contributed by atoms with Crippen LogP contribution in [0.4, 0.5) is 23.2 Å². The van der Waals surface area contributed by atoms with Crippen molar-refractivity contribution in [3.05, 3.63) is 89.5 Å². The van der Waals surface area contributed by atoms with E-state index < -0.39 is 40.6 Å². The number of anilines is 1. The third kappa shape index (κ3) is 4.95. The summed E-state index contributed by atoms with van der Waals surface area (Å²) in [6.45, 7) is 0. The molecule has 184 valence electrons. The molecular weight excluding hydrogens is 480 g/mol. The third-order valence-corrected chi connectivity index (χ3v) is 5.25. The number of methoxy groups -OCH3 is 1. The van der Waals surface area contributed by atoms with E-state index in [0.717, 1.165) is 6.07 Å². The number of hydrogen-bond donors (Lipinski definition) is 1. The predicted octanol–water partition coefficient (Wildman–Crippen LogP) is 5.35. The molecule has 4 aromatic rings. The van der Waals surface area contributed by atoms with E-state index in [1.165, 1.54) is 43.4 Å². The summed E-state index contributed by atoms with van der Waals surface area (Å²) in [7, 11) is 2.68. The van der Waals surface area contributed by atoms with Crippen LogP contribution in [0.2, 0.25) is 0 Å². The van der Waals surface area contributed by atoms with Gasteiger partial charge >= 0.3 is 12.1 Å². The third-order valence-electron chi connectivity index (χ3n) is 5.25. The number of hydrogen-bond acceptors (Lipinski definition) is 5. The fourth-order valence-corrected chi connectivity index (χ4v) is 3.56. The highest BCUT2D eigenvalue weighted by atomic mass is 19.4. The van der Waals surface area contributed by atoms with E-state index in [1.54, 1.807) is 30.3 Å². The Morgan fingerprint density at radius 2 is 1.78 bits per heavy atom. The van der Waals surface area contributed by atoms with Crippen LogP contribution in [0.15, 0.2) is 67.0 Å². The van der Waals surface area contributed by atoms with Crippen LogP contribution in [-0.4, -0.2) is 33.8 Å². The SMILES string of the molecule is COC(=O)c1cnc(-c2ccccc2)c(NC(=O)c2cc(-c3ccn(C)n3)c(C(F)(F)F)cc2F)c1. The van der Waals surface area contributed by atoms with Gasteiger partial charge in [0.15, 0.2) is 0 Å². The van der Waals surface area contributed by atoms with Crippen LogP contribution < -0.4 is 5.32 Å². The molecule has 4 rings (SSSR count). The molecule has 0 radical (unpaired) electrons. The van der Waals surface area contributed by atoms with Crippen molar-refractivity contribution < 1.29 is 31.9 Å². The molecule has 0 spiro atoms. The van der Waals surface area contributed by atoms with Crippen LogP contribution in [0, 0.1) is 5.82 Å². The summed E-state index contributed by atoms with van der Waals surface area (Å²) in [5.41, 5.74) is -1.58. The topological polar surface area (TPSA) is 86.1 Å². The number of nitrogens with one attached hydrogen (secondary N) is 1. The van der Waals surface area contributed by atoms with E-state index in [0.29, 0.717) is 5.56 Å². The van der Waals surface area contributed by atoms with E-state index in [1.807, 2.05) is 0 Å². The molecule has 0 atom stereocenters. The Morgan fingerprint density at radius 1 is 1.06 bits per heavy atom. The van der Waals surface area contributed by atoms with E-state index in [-0.39, 0.29) is 28.7 Å². The highest BCUT2D eigenvalue weighted by Gasteiger charge is 2.36. The van der Waals surface area contributed by atoms with Gasteiger partial charge < -0.3 is 10.1 Å². The van der Waals surface area contributed by atoms with Crippen LogP contribution in [0.25, 0.3) is 22.5 Å². The second-order valence-corrected chi connectivity index (χ2v) is 7.68. The number of nitrogens with zero attached hydrogens (tertiary/aromatic N) is 3. The van der Waals surface area contributed by atoms with Crippen LogP contribution in [0.5, 0.6) is 0 Å². The lowest BCUT2D eigenvalue weighted by atomic mass is 9.99. The first-order valence-electron chi connectivity index (χ1n) is 10.4. The molecule has 0 saturated carbocycles. The predicted molar refractivity (Wildman–Crippen MR) is 123 cm³/mol. The Balaban J connectivity index is 1.81. The number of aryl methyl sites for hydroxylation is 1. The number of esters is 1. The Hall–Kier alpha value is -4.54. The second kappa shape index (κ2) is 9.61. The van der Waals surface area contributed by atoms with Crippen molar-refractivity contribution in [2.45, 2.75) is 6.18 Å². The fraction of sp³-hybridized carbons (Fsp3) is 0.120. The van der Waals surface area contributed by atoms with Crippen molar-refractivity contribution in [2.75, 3.05) is 12.4 Å². The van der Waals surface area contributed by atoms with Crippen molar-refractivity contribution in [3.63, 3.8) is 0 Å². The molecule has 1 N–H and O–H groups in total. The smallest absolute Gasteiger partial charge is 0.417 e. The average Bonchev–Trinajstić information content (AvgIpc) is 3.29. The first-order valence-corrected chi connectivity index (χ1v) is 10.4. The Labute approximate surface area is 202 Å². The average molecular weight is 498 g/mol. The molecule has 1 amide bonds. The molecule has 11 heteroatoms. The standard InChI is InChI=1S/C25H18F4N4O3/c1-33-9-8-20(32-33)16-11-17(19(26)12-18(16)25(27,28)29)23(34)31-21-10-15(24(35)36-2)13-30-22(21)14-6-4-3-5-7-14/h3-13H,1-2H3,(H,31,34). The van der Waals surface area contributed by atoms with Crippen LogP contribution in [0.3, 0.4) is 0 Å². The minimum Gasteiger partial charge on any atom is -0.465 e. The maximum absolute atomic E-state index is 14.8. The van der Waals surface area contributed by atoms with Crippen molar-refractivity contribution in [3.8, 4) is 22.5 Å². The zero-order valence-electron chi connectivity index (χ0n) is 18.9. The zero-order valence-corrected chi connectivity index (χ0v) is 18.9. The number of ether oxygens (including phenoxy) is 1. The number of pyridine rings is 1. The lowest BCUT2D eigenvalue weighted by molar-refractivity contribution is -0.137. The highest BCUT2D eigenvalue weighted by Crippen LogP contribution is 2.38. The minimum absolute atomic E-state index is 0.00884. The van der Waals surface area contributed by atoms with Gasteiger partial charge in [0.05, 0.1) is 40.9 Å². The molecule has 0 aliphatic rings. The normalized spacial score (nSPS) is 11.3. The van der Waals surface area contributed by atoms with E-state index >= 15 is 0 Å². The molecule has 0 saturated heterocycles. The summed E-state index contributed by atoms with van der Waals surface area (Å²) in [6, 6.07) is 12.3. The van der Waals surface area contributed by atoms with Gasteiger partial charge in [-0.1, -0.05) is 30.3 Å².